The smallest absolute Gasteiger partial charge is 0.355 e. The van der Waals surface area contributed by atoms with E-state index in [4.69, 9.17) is 6.42 Å². The van der Waals surface area contributed by atoms with Gasteiger partial charge in [-0.1, -0.05) is 5.92 Å². The molecule has 1 amide bonds. The molecule has 0 aromatic heterocycles. The van der Waals surface area contributed by atoms with E-state index in [-0.39, 0.29) is 18.4 Å². The zero-order valence-corrected chi connectivity index (χ0v) is 10.6. The summed E-state index contributed by atoms with van der Waals surface area (Å²) in [5, 5.41) is 5.43. The van der Waals surface area contributed by atoms with Crippen LogP contribution in [0.15, 0.2) is 0 Å². The van der Waals surface area contributed by atoms with Crippen molar-refractivity contribution in [2.45, 2.75) is 12.6 Å². The van der Waals surface area contributed by atoms with E-state index in [0.29, 0.717) is 32.6 Å². The number of alkyl halides is 3. The molecule has 1 fully saturated rings. The topological polar surface area (TPSA) is 44.4 Å². The summed E-state index contributed by atoms with van der Waals surface area (Å²) in [6.07, 6.45) is 1.53. The minimum atomic E-state index is -4.16. The minimum Gasteiger partial charge on any atom is -0.355 e. The van der Waals surface area contributed by atoms with Crippen LogP contribution >= 0.6 is 0 Å². The maximum Gasteiger partial charge on any atom is 0.401 e. The van der Waals surface area contributed by atoms with Gasteiger partial charge in [0.1, 0.15) is 0 Å². The number of carbonyl (C=O) groups is 1. The second kappa shape index (κ2) is 7.36. The molecule has 0 bridgehead atoms. The van der Waals surface area contributed by atoms with Crippen LogP contribution in [0.1, 0.15) is 6.42 Å². The second-order valence-electron chi connectivity index (χ2n) is 4.62. The van der Waals surface area contributed by atoms with Crippen molar-refractivity contribution >= 4 is 5.91 Å². The fourth-order valence-corrected chi connectivity index (χ4v) is 2.05. The van der Waals surface area contributed by atoms with Crippen LogP contribution < -0.4 is 10.6 Å². The van der Waals surface area contributed by atoms with Gasteiger partial charge in [-0.2, -0.15) is 13.2 Å². The number of hydrogen-bond acceptors (Lipinski definition) is 3. The summed E-state index contributed by atoms with van der Waals surface area (Å²) in [6, 6.07) is 0. The molecular formula is C12H18F3N3O. The van der Waals surface area contributed by atoms with Gasteiger partial charge in [0.25, 0.3) is 0 Å². The normalized spacial score (nSPS) is 20.2. The molecule has 0 radical (unpaired) electrons. The first-order valence-corrected chi connectivity index (χ1v) is 6.10. The van der Waals surface area contributed by atoms with Gasteiger partial charge in [0, 0.05) is 13.1 Å². The molecule has 1 heterocycles. The monoisotopic (exact) mass is 277 g/mol. The van der Waals surface area contributed by atoms with Crippen LogP contribution in [0.4, 0.5) is 13.2 Å². The van der Waals surface area contributed by atoms with E-state index in [9.17, 15) is 18.0 Å². The standard InChI is InChI=1S/C12H18F3N3O/c1-2-4-16-7-11(19)17-6-10-3-5-18(8-10)9-12(13,14)15/h1,10,16H,3-9H2,(H,17,19). The second-order valence-corrected chi connectivity index (χ2v) is 4.62. The average molecular weight is 277 g/mol. The van der Waals surface area contributed by atoms with Gasteiger partial charge >= 0.3 is 6.18 Å². The third-order valence-electron chi connectivity index (χ3n) is 2.87. The molecule has 0 aliphatic carbocycles. The molecule has 4 nitrogen and oxygen atoms in total. The number of amides is 1. The Morgan fingerprint density at radius 3 is 2.84 bits per heavy atom. The van der Waals surface area contributed by atoms with Crippen molar-refractivity contribution in [1.82, 2.24) is 15.5 Å². The summed E-state index contributed by atoms with van der Waals surface area (Å²) in [5.41, 5.74) is 0. The Balaban J connectivity index is 2.15. The van der Waals surface area contributed by atoms with E-state index < -0.39 is 12.7 Å². The molecule has 7 heteroatoms. The zero-order valence-electron chi connectivity index (χ0n) is 10.6. The number of likely N-dealkylation sites (tertiary alicyclic amines) is 1. The quantitative estimate of drug-likeness (QED) is 0.539. The molecule has 1 aliphatic heterocycles. The van der Waals surface area contributed by atoms with E-state index in [1.165, 1.54) is 4.90 Å². The molecule has 19 heavy (non-hydrogen) atoms. The van der Waals surface area contributed by atoms with E-state index in [1.807, 2.05) is 0 Å². The minimum absolute atomic E-state index is 0.0823. The van der Waals surface area contributed by atoms with Crippen LogP contribution in [0.5, 0.6) is 0 Å². The lowest BCUT2D eigenvalue weighted by Gasteiger charge is -2.18. The summed E-state index contributed by atoms with van der Waals surface area (Å²) in [4.78, 5) is 12.7. The summed E-state index contributed by atoms with van der Waals surface area (Å²) in [7, 11) is 0. The van der Waals surface area contributed by atoms with Crippen molar-refractivity contribution in [1.29, 1.82) is 0 Å². The first kappa shape index (κ1) is 15.8. The van der Waals surface area contributed by atoms with E-state index in [1.54, 1.807) is 0 Å². The van der Waals surface area contributed by atoms with Crippen LogP contribution in [0, 0.1) is 18.3 Å². The number of terminal acetylenes is 1. The fraction of sp³-hybridized carbons (Fsp3) is 0.750. The Morgan fingerprint density at radius 1 is 1.47 bits per heavy atom. The van der Waals surface area contributed by atoms with Gasteiger partial charge < -0.3 is 5.32 Å². The SMILES string of the molecule is C#CCNCC(=O)NCC1CCN(CC(F)(F)F)C1. The predicted molar refractivity (Wildman–Crippen MR) is 65.3 cm³/mol. The Hall–Kier alpha value is -1.26. The number of nitrogens with one attached hydrogen (secondary N) is 2. The molecule has 1 atom stereocenters. The maximum absolute atomic E-state index is 12.2. The molecule has 0 aromatic carbocycles. The van der Waals surface area contributed by atoms with Crippen LogP contribution in [-0.2, 0) is 4.79 Å². The fourth-order valence-electron chi connectivity index (χ4n) is 2.05. The van der Waals surface area contributed by atoms with Crippen molar-refractivity contribution in [3.63, 3.8) is 0 Å². The highest BCUT2D eigenvalue weighted by atomic mass is 19.4. The Kier molecular flexibility index (Phi) is 6.12. The van der Waals surface area contributed by atoms with Gasteiger partial charge in [-0.3, -0.25) is 15.0 Å². The molecule has 108 valence electrons. The summed E-state index contributed by atoms with van der Waals surface area (Å²) < 4.78 is 36.6. The number of rotatable bonds is 6. The van der Waals surface area contributed by atoms with Crippen molar-refractivity contribution < 1.29 is 18.0 Å². The Morgan fingerprint density at radius 2 is 2.21 bits per heavy atom. The molecule has 1 saturated heterocycles. The lowest BCUT2D eigenvalue weighted by Crippen LogP contribution is -2.38. The molecule has 0 saturated carbocycles. The van der Waals surface area contributed by atoms with Gasteiger partial charge in [0.15, 0.2) is 0 Å². The lowest BCUT2D eigenvalue weighted by molar-refractivity contribution is -0.143. The summed E-state index contributed by atoms with van der Waals surface area (Å²) >= 11 is 0. The maximum atomic E-state index is 12.2. The van der Waals surface area contributed by atoms with Crippen LogP contribution in [-0.4, -0.2) is 56.3 Å². The summed E-state index contributed by atoms with van der Waals surface area (Å²) in [6.45, 7) is 0.776. The number of hydrogen-bond donors (Lipinski definition) is 2. The Bertz CT molecular complexity index is 338. The Labute approximate surface area is 110 Å². The van der Waals surface area contributed by atoms with Crippen LogP contribution in [0.3, 0.4) is 0 Å². The highest BCUT2D eigenvalue weighted by molar-refractivity contribution is 5.77. The molecule has 2 N–H and O–H groups in total. The van der Waals surface area contributed by atoms with Crippen molar-refractivity contribution in [3.8, 4) is 12.3 Å². The first-order valence-electron chi connectivity index (χ1n) is 6.10. The first-order chi connectivity index (χ1) is 8.90. The lowest BCUT2D eigenvalue weighted by atomic mass is 10.1. The third-order valence-corrected chi connectivity index (χ3v) is 2.87. The highest BCUT2D eigenvalue weighted by Gasteiger charge is 2.34. The highest BCUT2D eigenvalue weighted by Crippen LogP contribution is 2.22. The average Bonchev–Trinajstić information content (AvgIpc) is 2.72. The van der Waals surface area contributed by atoms with Crippen molar-refractivity contribution in [3.05, 3.63) is 0 Å². The van der Waals surface area contributed by atoms with E-state index >= 15 is 0 Å². The van der Waals surface area contributed by atoms with E-state index in [2.05, 4.69) is 16.6 Å². The van der Waals surface area contributed by atoms with Gasteiger partial charge in [-0.05, 0) is 18.9 Å². The molecule has 0 spiro atoms. The van der Waals surface area contributed by atoms with Crippen LogP contribution in [0.2, 0.25) is 0 Å². The molecule has 1 unspecified atom stereocenters. The molecule has 1 rings (SSSR count). The number of halogens is 3. The van der Waals surface area contributed by atoms with Gasteiger partial charge in [0.2, 0.25) is 5.91 Å². The number of carbonyl (C=O) groups excluding carboxylic acids is 1. The molecule has 1 aliphatic rings. The largest absolute Gasteiger partial charge is 0.401 e. The van der Waals surface area contributed by atoms with Gasteiger partial charge in [0.05, 0.1) is 19.6 Å². The zero-order chi connectivity index (χ0) is 14.3. The predicted octanol–water partition coefficient (Wildman–Crippen LogP) is 0.210. The van der Waals surface area contributed by atoms with E-state index in [0.717, 1.165) is 0 Å². The van der Waals surface area contributed by atoms with Crippen molar-refractivity contribution in [2.24, 2.45) is 5.92 Å². The van der Waals surface area contributed by atoms with Crippen molar-refractivity contribution in [2.75, 3.05) is 39.3 Å². The van der Waals surface area contributed by atoms with Gasteiger partial charge in [-0.25, -0.2) is 0 Å². The molecular weight excluding hydrogens is 259 g/mol. The number of nitrogens with zero attached hydrogens (tertiary/aromatic N) is 1. The summed E-state index contributed by atoms with van der Waals surface area (Å²) in [5.74, 6) is 2.24. The third kappa shape index (κ3) is 7.03. The van der Waals surface area contributed by atoms with Crippen LogP contribution in [0.25, 0.3) is 0 Å². The van der Waals surface area contributed by atoms with Gasteiger partial charge in [-0.15, -0.1) is 6.42 Å². The molecule has 0 aromatic rings.